The molecule has 0 aliphatic carbocycles. The van der Waals surface area contributed by atoms with E-state index in [1.807, 2.05) is 0 Å². The Labute approximate surface area is 143 Å². The Morgan fingerprint density at radius 1 is 0.917 bits per heavy atom. The lowest BCUT2D eigenvalue weighted by Crippen LogP contribution is -2.08. The molecule has 140 valence electrons. The fourth-order valence-corrected chi connectivity index (χ4v) is 2.35. The number of hydrogen-bond acceptors (Lipinski definition) is 5. The minimum atomic E-state index is -4.13. The molecule has 0 aliphatic heterocycles. The number of carbonyl (C=O) groups is 2. The predicted octanol–water partition coefficient (Wildman–Crippen LogP) is 2.95. The molecule has 0 bridgehead atoms. The van der Waals surface area contributed by atoms with Crippen molar-refractivity contribution in [2.45, 2.75) is 58.3 Å². The maximum absolute atomic E-state index is 11.2. The zero-order chi connectivity index (χ0) is 18.4. The molecule has 0 aromatic carbocycles. The lowest BCUT2D eigenvalue weighted by molar-refractivity contribution is -0.143. The predicted molar refractivity (Wildman–Crippen MR) is 90.6 cm³/mol. The molecule has 24 heavy (non-hydrogen) atoms. The van der Waals surface area contributed by atoms with Crippen molar-refractivity contribution in [1.82, 2.24) is 0 Å². The number of ether oxygens (including phenoxy) is 2. The molecule has 8 heteroatoms. The maximum atomic E-state index is 11.2. The van der Waals surface area contributed by atoms with Crippen LogP contribution in [0.1, 0.15) is 58.3 Å². The standard InChI is InChI=1S/C16H29O7P/c1-14(2)16(18)23-12-9-7-5-3-4-6-8-11-22-15(17)10-13-24(19,20)21/h1,3-13H2,2H3,(H2,19,20,21). The molecule has 0 rings (SSSR count). The highest BCUT2D eigenvalue weighted by Gasteiger charge is 2.15. The average Bonchev–Trinajstić information content (AvgIpc) is 2.49. The van der Waals surface area contributed by atoms with Crippen LogP contribution in [0.5, 0.6) is 0 Å². The number of carbonyl (C=O) groups excluding carboxylic acids is 2. The van der Waals surface area contributed by atoms with Gasteiger partial charge < -0.3 is 19.3 Å². The van der Waals surface area contributed by atoms with Crippen LogP contribution in [0.25, 0.3) is 0 Å². The van der Waals surface area contributed by atoms with Crippen molar-refractivity contribution in [1.29, 1.82) is 0 Å². The van der Waals surface area contributed by atoms with Gasteiger partial charge in [0.2, 0.25) is 0 Å². The monoisotopic (exact) mass is 364 g/mol. The number of unbranched alkanes of at least 4 members (excludes halogenated alkanes) is 6. The summed E-state index contributed by atoms with van der Waals surface area (Å²) in [6.07, 6.45) is 5.98. The highest BCUT2D eigenvalue weighted by Crippen LogP contribution is 2.34. The van der Waals surface area contributed by atoms with E-state index in [1.54, 1.807) is 6.92 Å². The molecule has 0 amide bonds. The van der Waals surface area contributed by atoms with E-state index in [4.69, 9.17) is 19.3 Å². The molecular formula is C16H29O7P. The second-order valence-corrected chi connectivity index (χ2v) is 7.53. The molecular weight excluding hydrogens is 335 g/mol. The van der Waals surface area contributed by atoms with E-state index in [2.05, 4.69) is 6.58 Å². The quantitative estimate of drug-likeness (QED) is 0.211. The minimum Gasteiger partial charge on any atom is -0.466 e. The largest absolute Gasteiger partial charge is 0.466 e. The van der Waals surface area contributed by atoms with E-state index >= 15 is 0 Å². The fraction of sp³-hybridized carbons (Fsp3) is 0.750. The van der Waals surface area contributed by atoms with Crippen molar-refractivity contribution in [3.63, 3.8) is 0 Å². The average molecular weight is 364 g/mol. The topological polar surface area (TPSA) is 110 Å². The molecule has 0 aliphatic rings. The van der Waals surface area contributed by atoms with Gasteiger partial charge in [-0.15, -0.1) is 0 Å². The summed E-state index contributed by atoms with van der Waals surface area (Å²) in [5.74, 6) is -0.909. The van der Waals surface area contributed by atoms with Crippen molar-refractivity contribution < 1.29 is 33.4 Å². The molecule has 0 heterocycles. The summed E-state index contributed by atoms with van der Waals surface area (Å²) in [6, 6.07) is 0. The first-order chi connectivity index (χ1) is 11.2. The van der Waals surface area contributed by atoms with Crippen molar-refractivity contribution >= 4 is 19.5 Å². The summed E-state index contributed by atoms with van der Waals surface area (Å²) < 4.78 is 20.5. The molecule has 0 aromatic rings. The Kier molecular flexibility index (Phi) is 12.5. The Bertz CT molecular complexity index is 442. The molecule has 0 fully saturated rings. The van der Waals surface area contributed by atoms with Crippen LogP contribution in [-0.2, 0) is 23.6 Å². The highest BCUT2D eigenvalue weighted by atomic mass is 31.2. The molecule has 0 spiro atoms. The summed E-state index contributed by atoms with van der Waals surface area (Å²) in [6.45, 7) is 5.85. The number of esters is 2. The van der Waals surface area contributed by atoms with E-state index < -0.39 is 19.7 Å². The first-order valence-electron chi connectivity index (χ1n) is 8.25. The first-order valence-corrected chi connectivity index (χ1v) is 10.0. The van der Waals surface area contributed by atoms with Crippen molar-refractivity contribution in [2.75, 3.05) is 19.4 Å². The van der Waals surface area contributed by atoms with Gasteiger partial charge in [-0.05, 0) is 19.8 Å². The summed E-state index contributed by atoms with van der Waals surface area (Å²) in [5.41, 5.74) is 0.414. The molecule has 7 nitrogen and oxygen atoms in total. The normalized spacial score (nSPS) is 11.1. The Morgan fingerprint density at radius 2 is 1.38 bits per heavy atom. The van der Waals surface area contributed by atoms with Gasteiger partial charge in [0.1, 0.15) is 0 Å². The van der Waals surface area contributed by atoms with E-state index in [9.17, 15) is 14.2 Å². The van der Waals surface area contributed by atoms with Crippen LogP contribution in [0, 0.1) is 0 Å². The first kappa shape index (κ1) is 22.8. The number of rotatable bonds is 14. The zero-order valence-electron chi connectivity index (χ0n) is 14.4. The SMILES string of the molecule is C=C(C)C(=O)OCCCCCCCCCOC(=O)CCP(=O)(O)O. The van der Waals surface area contributed by atoms with Crippen LogP contribution in [0.4, 0.5) is 0 Å². The van der Waals surface area contributed by atoms with E-state index in [0.29, 0.717) is 12.2 Å². The van der Waals surface area contributed by atoms with Crippen LogP contribution < -0.4 is 0 Å². The van der Waals surface area contributed by atoms with Gasteiger partial charge in [0.05, 0.1) is 25.8 Å². The third kappa shape index (κ3) is 15.7. The minimum absolute atomic E-state index is 0.250. The van der Waals surface area contributed by atoms with E-state index in [-0.39, 0.29) is 19.0 Å². The Hall–Kier alpha value is -1.17. The van der Waals surface area contributed by atoms with Gasteiger partial charge in [0.25, 0.3) is 0 Å². The van der Waals surface area contributed by atoms with Crippen molar-refractivity contribution in [3.05, 3.63) is 12.2 Å². The summed E-state index contributed by atoms with van der Waals surface area (Å²) >= 11 is 0. The van der Waals surface area contributed by atoms with Gasteiger partial charge in [-0.2, -0.15) is 0 Å². The maximum Gasteiger partial charge on any atom is 0.333 e. The zero-order valence-corrected chi connectivity index (χ0v) is 15.3. The van der Waals surface area contributed by atoms with Crippen LogP contribution in [0.2, 0.25) is 0 Å². The molecule has 0 radical (unpaired) electrons. The van der Waals surface area contributed by atoms with Gasteiger partial charge in [0, 0.05) is 5.57 Å². The molecule has 0 atom stereocenters. The van der Waals surface area contributed by atoms with Crippen LogP contribution in [-0.4, -0.2) is 41.1 Å². The van der Waals surface area contributed by atoms with Gasteiger partial charge in [-0.1, -0.05) is 38.7 Å². The molecule has 0 saturated carbocycles. The smallest absolute Gasteiger partial charge is 0.333 e. The van der Waals surface area contributed by atoms with Crippen molar-refractivity contribution in [3.8, 4) is 0 Å². The second kappa shape index (κ2) is 13.2. The third-order valence-electron chi connectivity index (χ3n) is 3.24. The van der Waals surface area contributed by atoms with E-state index in [1.165, 1.54) is 0 Å². The van der Waals surface area contributed by atoms with Crippen molar-refractivity contribution in [2.24, 2.45) is 0 Å². The molecule has 0 aromatic heterocycles. The third-order valence-corrected chi connectivity index (χ3v) is 4.05. The Morgan fingerprint density at radius 3 is 1.83 bits per heavy atom. The van der Waals surface area contributed by atoms with Gasteiger partial charge in [-0.3, -0.25) is 9.36 Å². The summed E-state index contributed by atoms with van der Waals surface area (Å²) in [4.78, 5) is 39.6. The highest BCUT2D eigenvalue weighted by molar-refractivity contribution is 7.51. The van der Waals surface area contributed by atoms with Crippen LogP contribution in [0.15, 0.2) is 12.2 Å². The molecule has 0 unspecified atom stereocenters. The fourth-order valence-electron chi connectivity index (χ4n) is 1.87. The lowest BCUT2D eigenvalue weighted by Gasteiger charge is -2.06. The number of hydrogen-bond donors (Lipinski definition) is 2. The van der Waals surface area contributed by atoms with Gasteiger partial charge >= 0.3 is 19.5 Å². The van der Waals surface area contributed by atoms with Gasteiger partial charge in [0.15, 0.2) is 0 Å². The van der Waals surface area contributed by atoms with E-state index in [0.717, 1.165) is 44.9 Å². The molecule has 2 N–H and O–H groups in total. The second-order valence-electron chi connectivity index (χ2n) is 5.75. The lowest BCUT2D eigenvalue weighted by atomic mass is 10.1. The van der Waals surface area contributed by atoms with Gasteiger partial charge in [-0.25, -0.2) is 4.79 Å². The molecule has 0 saturated heterocycles. The summed E-state index contributed by atoms with van der Waals surface area (Å²) in [5, 5.41) is 0. The summed E-state index contributed by atoms with van der Waals surface area (Å²) in [7, 11) is -4.13. The van der Waals surface area contributed by atoms with Crippen LogP contribution in [0.3, 0.4) is 0 Å². The van der Waals surface area contributed by atoms with Crippen LogP contribution >= 0.6 is 7.60 Å². The Balaban J connectivity index is 3.31.